The Bertz CT molecular complexity index is 248. The van der Waals surface area contributed by atoms with Crippen LogP contribution in [0.2, 0.25) is 0 Å². The van der Waals surface area contributed by atoms with Crippen LogP contribution in [0.25, 0.3) is 0 Å². The second kappa shape index (κ2) is 2.46. The third-order valence-corrected chi connectivity index (χ3v) is 2.48. The van der Waals surface area contributed by atoms with Crippen LogP contribution in [-0.2, 0) is 4.79 Å². The highest BCUT2D eigenvalue weighted by molar-refractivity contribution is 5.81. The maximum Gasteiger partial charge on any atom is 0.226 e. The largest absolute Gasteiger partial charge is 0.337 e. The van der Waals surface area contributed by atoms with Gasteiger partial charge in [-0.1, -0.05) is 0 Å². The number of rotatable bonds is 2. The Labute approximate surface area is 70.9 Å². The fourth-order valence-corrected chi connectivity index (χ4v) is 1.20. The molecule has 1 heterocycles. The number of hydrogen-bond acceptors (Lipinski definition) is 3. The van der Waals surface area contributed by atoms with E-state index in [4.69, 9.17) is 5.26 Å². The number of nitrogens with one attached hydrogen (secondary N) is 2. The van der Waals surface area contributed by atoms with E-state index < -0.39 is 5.54 Å². The van der Waals surface area contributed by atoms with Gasteiger partial charge >= 0.3 is 0 Å². The van der Waals surface area contributed by atoms with Crippen LogP contribution in [0.15, 0.2) is 0 Å². The predicted octanol–water partition coefficient (Wildman–Crippen LogP) is -0.622. The lowest BCUT2D eigenvalue weighted by atomic mass is 10.0. The summed E-state index contributed by atoms with van der Waals surface area (Å²) in [5.74, 6) is 0.128. The summed E-state index contributed by atoms with van der Waals surface area (Å²) in [7, 11) is 0. The van der Waals surface area contributed by atoms with Crippen molar-refractivity contribution in [3.63, 3.8) is 0 Å². The van der Waals surface area contributed by atoms with Gasteiger partial charge in [-0.25, -0.2) is 0 Å². The summed E-state index contributed by atoms with van der Waals surface area (Å²) in [4.78, 5) is 11.3. The van der Waals surface area contributed by atoms with Crippen molar-refractivity contribution in [2.45, 2.75) is 18.4 Å². The molecule has 4 nitrogen and oxygen atoms in total. The summed E-state index contributed by atoms with van der Waals surface area (Å²) < 4.78 is 0. The molecule has 1 aliphatic carbocycles. The van der Waals surface area contributed by atoms with Crippen LogP contribution in [-0.4, -0.2) is 24.5 Å². The number of amides is 1. The zero-order valence-electron chi connectivity index (χ0n) is 6.76. The highest BCUT2D eigenvalue weighted by Crippen LogP contribution is 2.34. The zero-order chi connectivity index (χ0) is 8.60. The fourth-order valence-electron chi connectivity index (χ4n) is 1.20. The average Bonchev–Trinajstić information content (AvgIpc) is 2.65. The fraction of sp³-hybridized carbons (Fsp3) is 0.750. The molecule has 1 saturated carbocycles. The molecular formula is C8H11N3O. The lowest BCUT2D eigenvalue weighted by molar-refractivity contribution is -0.127. The van der Waals surface area contributed by atoms with Crippen LogP contribution in [0.5, 0.6) is 0 Å². The molecule has 0 aromatic heterocycles. The first-order chi connectivity index (χ1) is 5.76. The van der Waals surface area contributed by atoms with E-state index in [1.165, 1.54) is 0 Å². The normalized spacial score (nSPS) is 25.2. The smallest absolute Gasteiger partial charge is 0.226 e. The van der Waals surface area contributed by atoms with Crippen LogP contribution in [0.3, 0.4) is 0 Å². The van der Waals surface area contributed by atoms with Gasteiger partial charge in [0.05, 0.1) is 12.0 Å². The highest BCUT2D eigenvalue weighted by Gasteiger charge is 2.45. The molecule has 0 spiro atoms. The minimum absolute atomic E-state index is 0.0350. The number of carbonyl (C=O) groups is 1. The number of nitriles is 1. The molecule has 2 fully saturated rings. The third kappa shape index (κ3) is 1.16. The molecular weight excluding hydrogens is 154 g/mol. The molecule has 1 saturated heterocycles. The Morgan fingerprint density at radius 2 is 2.25 bits per heavy atom. The number of nitrogens with zero attached hydrogens (tertiary/aromatic N) is 1. The molecule has 0 unspecified atom stereocenters. The van der Waals surface area contributed by atoms with Crippen molar-refractivity contribution in [1.29, 1.82) is 5.26 Å². The summed E-state index contributed by atoms with van der Waals surface area (Å²) in [6.45, 7) is 1.51. The van der Waals surface area contributed by atoms with Gasteiger partial charge in [0.15, 0.2) is 0 Å². The van der Waals surface area contributed by atoms with Gasteiger partial charge in [-0.3, -0.25) is 4.79 Å². The van der Waals surface area contributed by atoms with E-state index in [9.17, 15) is 4.79 Å². The van der Waals surface area contributed by atoms with Crippen molar-refractivity contribution in [2.75, 3.05) is 13.1 Å². The van der Waals surface area contributed by atoms with Gasteiger partial charge in [0.2, 0.25) is 5.91 Å². The van der Waals surface area contributed by atoms with Crippen LogP contribution in [0, 0.1) is 17.2 Å². The van der Waals surface area contributed by atoms with Crippen molar-refractivity contribution < 1.29 is 4.79 Å². The first-order valence-electron chi connectivity index (χ1n) is 4.20. The summed E-state index contributed by atoms with van der Waals surface area (Å²) >= 11 is 0. The van der Waals surface area contributed by atoms with Gasteiger partial charge < -0.3 is 10.6 Å². The molecule has 12 heavy (non-hydrogen) atoms. The van der Waals surface area contributed by atoms with Crippen LogP contribution < -0.4 is 10.6 Å². The van der Waals surface area contributed by atoms with Crippen molar-refractivity contribution in [3.8, 4) is 6.07 Å². The zero-order valence-corrected chi connectivity index (χ0v) is 6.76. The van der Waals surface area contributed by atoms with Gasteiger partial charge in [0, 0.05) is 13.1 Å². The minimum atomic E-state index is -0.493. The van der Waals surface area contributed by atoms with Gasteiger partial charge in [-0.05, 0) is 12.8 Å². The van der Waals surface area contributed by atoms with E-state index in [0.717, 1.165) is 25.9 Å². The SMILES string of the molecule is N#CC1(NC(=O)C2CNC2)CC1. The summed E-state index contributed by atoms with van der Waals surface area (Å²) in [5.41, 5.74) is -0.493. The highest BCUT2D eigenvalue weighted by atomic mass is 16.2. The minimum Gasteiger partial charge on any atom is -0.337 e. The Kier molecular flexibility index (Phi) is 1.55. The van der Waals surface area contributed by atoms with Gasteiger partial charge in [0.1, 0.15) is 5.54 Å². The van der Waals surface area contributed by atoms with Crippen LogP contribution >= 0.6 is 0 Å². The molecule has 0 bridgehead atoms. The van der Waals surface area contributed by atoms with Crippen molar-refractivity contribution >= 4 is 5.91 Å². The maximum absolute atomic E-state index is 11.3. The van der Waals surface area contributed by atoms with E-state index in [2.05, 4.69) is 16.7 Å². The second-order valence-electron chi connectivity index (χ2n) is 3.54. The Morgan fingerprint density at radius 3 is 2.58 bits per heavy atom. The van der Waals surface area contributed by atoms with E-state index in [1.54, 1.807) is 0 Å². The van der Waals surface area contributed by atoms with Gasteiger partial charge in [-0.15, -0.1) is 0 Å². The molecule has 0 atom stereocenters. The number of hydrogen-bond donors (Lipinski definition) is 2. The van der Waals surface area contributed by atoms with E-state index in [0.29, 0.717) is 0 Å². The average molecular weight is 165 g/mol. The standard InChI is InChI=1S/C8H11N3O/c9-5-8(1-2-8)11-7(12)6-3-10-4-6/h6,10H,1-4H2,(H,11,12). The molecule has 2 aliphatic rings. The monoisotopic (exact) mass is 165 g/mol. The lowest BCUT2D eigenvalue weighted by Gasteiger charge is -2.26. The summed E-state index contributed by atoms with van der Waals surface area (Å²) in [6.07, 6.45) is 1.63. The van der Waals surface area contributed by atoms with Crippen molar-refractivity contribution in [3.05, 3.63) is 0 Å². The first-order valence-corrected chi connectivity index (χ1v) is 4.20. The third-order valence-electron chi connectivity index (χ3n) is 2.48. The van der Waals surface area contributed by atoms with Crippen molar-refractivity contribution in [1.82, 2.24) is 10.6 Å². The van der Waals surface area contributed by atoms with Gasteiger partial charge in [0.25, 0.3) is 0 Å². The molecule has 64 valence electrons. The van der Waals surface area contributed by atoms with Crippen LogP contribution in [0.1, 0.15) is 12.8 Å². The van der Waals surface area contributed by atoms with Gasteiger partial charge in [-0.2, -0.15) is 5.26 Å². The second-order valence-corrected chi connectivity index (χ2v) is 3.54. The molecule has 1 amide bonds. The number of carbonyl (C=O) groups excluding carboxylic acids is 1. The van der Waals surface area contributed by atoms with Crippen LogP contribution in [0.4, 0.5) is 0 Å². The molecule has 2 rings (SSSR count). The molecule has 0 aromatic rings. The maximum atomic E-state index is 11.3. The Morgan fingerprint density at radius 1 is 1.58 bits per heavy atom. The van der Waals surface area contributed by atoms with E-state index in [-0.39, 0.29) is 11.8 Å². The van der Waals surface area contributed by atoms with E-state index >= 15 is 0 Å². The van der Waals surface area contributed by atoms with E-state index in [1.807, 2.05) is 0 Å². The molecule has 2 N–H and O–H groups in total. The van der Waals surface area contributed by atoms with Crippen molar-refractivity contribution in [2.24, 2.45) is 5.92 Å². The quantitative estimate of drug-likeness (QED) is 0.573. The molecule has 0 radical (unpaired) electrons. The lowest BCUT2D eigenvalue weighted by Crippen LogP contribution is -2.53. The summed E-state index contributed by atoms with van der Waals surface area (Å²) in [6, 6.07) is 2.13. The predicted molar refractivity (Wildman–Crippen MR) is 42.1 cm³/mol. The summed E-state index contributed by atoms with van der Waals surface area (Å²) in [5, 5.41) is 14.5. The topological polar surface area (TPSA) is 64.9 Å². The Hall–Kier alpha value is -1.08. The molecule has 4 heteroatoms. The molecule has 1 aliphatic heterocycles. The Balaban J connectivity index is 1.87. The molecule has 0 aromatic carbocycles. The first kappa shape index (κ1) is 7.56.